The number of benzene rings is 3. The van der Waals surface area contributed by atoms with Crippen LogP contribution in [0.5, 0.6) is 0 Å². The average Bonchev–Trinajstić information content (AvgIpc) is 3.07. The second kappa shape index (κ2) is 7.76. The third-order valence-corrected chi connectivity index (χ3v) is 4.24. The molecular weight excluding hydrogens is 362 g/mol. The minimum Gasteiger partial charge on any atom is -0.399 e. The number of fused-ring (bicyclic) bond motifs is 1. The summed E-state index contributed by atoms with van der Waals surface area (Å²) in [5, 5.41) is 11.7. The average molecular weight is 378 g/mol. The summed E-state index contributed by atoms with van der Waals surface area (Å²) in [4.78, 5) is 11.8. The first-order chi connectivity index (χ1) is 13.4. The van der Waals surface area contributed by atoms with Crippen LogP contribution < -0.4 is 16.8 Å². The summed E-state index contributed by atoms with van der Waals surface area (Å²) in [6.07, 6.45) is 0. The molecule has 5 N–H and O–H groups in total. The molecule has 4 rings (SSSR count). The van der Waals surface area contributed by atoms with Gasteiger partial charge < -0.3 is 16.8 Å². The van der Waals surface area contributed by atoms with Crippen molar-refractivity contribution in [1.29, 1.82) is 5.26 Å². The van der Waals surface area contributed by atoms with Crippen LogP contribution in [0.1, 0.15) is 21.5 Å². The van der Waals surface area contributed by atoms with Crippen LogP contribution in [0.2, 0.25) is 0 Å². The van der Waals surface area contributed by atoms with E-state index in [9.17, 15) is 13.6 Å². The lowest BCUT2D eigenvalue weighted by atomic mass is 9.93. The molecule has 0 aliphatic carbocycles. The molecule has 1 aliphatic heterocycles. The minimum atomic E-state index is -0.448. The summed E-state index contributed by atoms with van der Waals surface area (Å²) in [5.74, 6) is -0.996. The Kier molecular flexibility index (Phi) is 5.23. The molecule has 0 spiro atoms. The minimum absolute atomic E-state index is 0.251. The highest BCUT2D eigenvalue weighted by molar-refractivity contribution is 6.02. The summed E-state index contributed by atoms with van der Waals surface area (Å²) >= 11 is 0. The van der Waals surface area contributed by atoms with Gasteiger partial charge in [-0.15, -0.1) is 0 Å². The van der Waals surface area contributed by atoms with Gasteiger partial charge in [0.05, 0.1) is 17.2 Å². The zero-order chi connectivity index (χ0) is 20.3. The zero-order valence-corrected chi connectivity index (χ0v) is 14.7. The first-order valence-corrected chi connectivity index (χ1v) is 8.31. The van der Waals surface area contributed by atoms with Crippen molar-refractivity contribution in [3.63, 3.8) is 0 Å². The van der Waals surface area contributed by atoms with Crippen molar-refractivity contribution in [2.24, 2.45) is 0 Å². The molecule has 0 saturated carbocycles. The Hall–Kier alpha value is -3.92. The monoisotopic (exact) mass is 378 g/mol. The molecule has 1 aliphatic rings. The number of nitrogen functional groups attached to an aromatic ring is 2. The van der Waals surface area contributed by atoms with Crippen molar-refractivity contribution in [3.8, 4) is 17.2 Å². The molecule has 0 saturated heterocycles. The van der Waals surface area contributed by atoms with Crippen LogP contribution >= 0.6 is 0 Å². The lowest BCUT2D eigenvalue weighted by Crippen LogP contribution is -2.13. The van der Waals surface area contributed by atoms with Crippen molar-refractivity contribution in [1.82, 2.24) is 5.32 Å². The number of anilines is 2. The number of nitrogens with two attached hydrogens (primary N) is 2. The van der Waals surface area contributed by atoms with E-state index in [0.717, 1.165) is 0 Å². The van der Waals surface area contributed by atoms with Crippen LogP contribution in [0.3, 0.4) is 0 Å². The number of halogens is 2. The maximum Gasteiger partial charge on any atom is 0.253 e. The van der Waals surface area contributed by atoms with Gasteiger partial charge in [-0.25, -0.2) is 8.78 Å². The standard InChI is InChI=1S/C15H10FN3O.C6H6FN/c16-13-5-9(18)2-4-11(13)10-3-1-8(6-17)14-12(10)7-19-15(14)20;7-5-1-3-6(8)4-2-5/h1-5H,7,18H2,(H,19,20);1-4H,8H2. The number of hydrogen-bond acceptors (Lipinski definition) is 4. The Morgan fingerprint density at radius 2 is 1.57 bits per heavy atom. The zero-order valence-electron chi connectivity index (χ0n) is 14.7. The van der Waals surface area contributed by atoms with E-state index in [-0.39, 0.29) is 11.7 Å². The molecule has 0 unspecified atom stereocenters. The van der Waals surface area contributed by atoms with E-state index in [2.05, 4.69) is 5.32 Å². The fourth-order valence-electron chi connectivity index (χ4n) is 2.91. The van der Waals surface area contributed by atoms with Gasteiger partial charge in [-0.05, 0) is 59.7 Å². The third kappa shape index (κ3) is 3.76. The maximum atomic E-state index is 14.0. The Bertz CT molecular complexity index is 1070. The van der Waals surface area contributed by atoms with Gasteiger partial charge in [0.25, 0.3) is 5.91 Å². The molecule has 3 aromatic rings. The van der Waals surface area contributed by atoms with Crippen LogP contribution in [0, 0.1) is 23.0 Å². The Labute approximate surface area is 160 Å². The number of hydrogen-bond donors (Lipinski definition) is 3. The molecule has 1 amide bonds. The largest absolute Gasteiger partial charge is 0.399 e. The number of amides is 1. The number of carbonyl (C=O) groups excluding carboxylic acids is 1. The molecule has 7 heteroatoms. The number of nitriles is 1. The SMILES string of the molecule is N#Cc1ccc(-c2ccc(N)cc2F)c2c1C(=O)NC2.Nc1ccc(F)cc1. The van der Waals surface area contributed by atoms with E-state index >= 15 is 0 Å². The number of rotatable bonds is 1. The van der Waals surface area contributed by atoms with Gasteiger partial charge in [-0.3, -0.25) is 4.79 Å². The first kappa shape index (κ1) is 18.9. The van der Waals surface area contributed by atoms with Crippen molar-refractivity contribution in [3.05, 3.63) is 82.9 Å². The Morgan fingerprint density at radius 3 is 2.18 bits per heavy atom. The number of nitrogens with zero attached hydrogens (tertiary/aromatic N) is 1. The highest BCUT2D eigenvalue weighted by Gasteiger charge is 2.26. The van der Waals surface area contributed by atoms with Crippen molar-refractivity contribution in [2.75, 3.05) is 11.5 Å². The van der Waals surface area contributed by atoms with E-state index in [0.29, 0.717) is 45.7 Å². The second-order valence-electron chi connectivity index (χ2n) is 6.10. The van der Waals surface area contributed by atoms with Gasteiger partial charge in [-0.2, -0.15) is 5.26 Å². The number of nitrogens with one attached hydrogen (secondary N) is 1. The fraction of sp³-hybridized carbons (Fsp3) is 0.0476. The third-order valence-electron chi connectivity index (χ3n) is 4.24. The van der Waals surface area contributed by atoms with Gasteiger partial charge in [0.1, 0.15) is 11.6 Å². The predicted octanol–water partition coefficient (Wildman–Crippen LogP) is 3.60. The Balaban J connectivity index is 0.000000236. The van der Waals surface area contributed by atoms with Crippen LogP contribution in [0.25, 0.3) is 11.1 Å². The summed E-state index contributed by atoms with van der Waals surface area (Å²) in [6, 6.07) is 15.3. The number of carbonyl (C=O) groups is 1. The lowest BCUT2D eigenvalue weighted by Gasteiger charge is -2.10. The van der Waals surface area contributed by atoms with Gasteiger partial charge in [0, 0.05) is 23.5 Å². The summed E-state index contributed by atoms with van der Waals surface area (Å²) < 4.78 is 26.1. The van der Waals surface area contributed by atoms with Gasteiger partial charge in [0.2, 0.25) is 0 Å². The highest BCUT2D eigenvalue weighted by Crippen LogP contribution is 2.33. The van der Waals surface area contributed by atoms with Crippen LogP contribution in [-0.4, -0.2) is 5.91 Å². The molecule has 0 radical (unpaired) electrons. The van der Waals surface area contributed by atoms with Gasteiger partial charge in [0.15, 0.2) is 0 Å². The quantitative estimate of drug-likeness (QED) is 0.563. The molecule has 0 fully saturated rings. The smallest absolute Gasteiger partial charge is 0.253 e. The van der Waals surface area contributed by atoms with Crippen LogP contribution in [0.4, 0.5) is 20.2 Å². The van der Waals surface area contributed by atoms with Gasteiger partial charge in [-0.1, -0.05) is 6.07 Å². The van der Waals surface area contributed by atoms with E-state index in [1.54, 1.807) is 18.2 Å². The molecule has 1 heterocycles. The highest BCUT2D eigenvalue weighted by atomic mass is 19.1. The topological polar surface area (TPSA) is 105 Å². The molecular formula is C21H16F2N4O. The lowest BCUT2D eigenvalue weighted by molar-refractivity contribution is 0.0965. The van der Waals surface area contributed by atoms with Crippen LogP contribution in [-0.2, 0) is 6.54 Å². The Morgan fingerprint density at radius 1 is 0.929 bits per heavy atom. The normalized spacial score (nSPS) is 11.7. The maximum absolute atomic E-state index is 14.0. The predicted molar refractivity (Wildman–Crippen MR) is 103 cm³/mol. The summed E-state index contributed by atoms with van der Waals surface area (Å²) in [7, 11) is 0. The fourth-order valence-corrected chi connectivity index (χ4v) is 2.91. The first-order valence-electron chi connectivity index (χ1n) is 8.31. The molecule has 0 bridgehead atoms. The van der Waals surface area contributed by atoms with E-state index in [1.807, 2.05) is 6.07 Å². The van der Waals surface area contributed by atoms with Crippen molar-refractivity contribution < 1.29 is 13.6 Å². The van der Waals surface area contributed by atoms with E-state index in [1.165, 1.54) is 36.4 Å². The van der Waals surface area contributed by atoms with E-state index in [4.69, 9.17) is 16.7 Å². The molecule has 140 valence electrons. The van der Waals surface area contributed by atoms with Crippen LogP contribution in [0.15, 0.2) is 54.6 Å². The summed E-state index contributed by atoms with van der Waals surface area (Å²) in [6.45, 7) is 0.294. The molecule has 0 atom stereocenters. The van der Waals surface area contributed by atoms with Crippen molar-refractivity contribution in [2.45, 2.75) is 6.54 Å². The second-order valence-corrected chi connectivity index (χ2v) is 6.10. The summed E-state index contributed by atoms with van der Waals surface area (Å²) in [5.41, 5.74) is 14.0. The van der Waals surface area contributed by atoms with Crippen molar-refractivity contribution >= 4 is 17.3 Å². The molecule has 5 nitrogen and oxygen atoms in total. The molecule has 3 aromatic carbocycles. The van der Waals surface area contributed by atoms with E-state index < -0.39 is 5.82 Å². The molecule has 0 aromatic heterocycles. The molecule has 28 heavy (non-hydrogen) atoms. The van der Waals surface area contributed by atoms with Gasteiger partial charge >= 0.3 is 0 Å².